The van der Waals surface area contributed by atoms with Gasteiger partial charge < -0.3 is 15.8 Å². The summed E-state index contributed by atoms with van der Waals surface area (Å²) in [5.41, 5.74) is 6.29. The molecule has 1 unspecified atom stereocenters. The van der Waals surface area contributed by atoms with Crippen molar-refractivity contribution in [3.8, 4) is 5.75 Å². The largest absolute Gasteiger partial charge is 0.491 e. The molecule has 0 radical (unpaired) electrons. The second-order valence-corrected chi connectivity index (χ2v) is 4.93. The Balaban J connectivity index is 2.66. The number of hydrogen-bond acceptors (Lipinski definition) is 3. The molecule has 0 aromatic heterocycles. The van der Waals surface area contributed by atoms with E-state index in [9.17, 15) is 4.79 Å². The van der Waals surface area contributed by atoms with Crippen LogP contribution in [-0.4, -0.2) is 18.6 Å². The van der Waals surface area contributed by atoms with Gasteiger partial charge in [-0.15, -0.1) is 0 Å². The first-order valence-corrected chi connectivity index (χ1v) is 6.26. The molecule has 100 valence electrons. The third-order valence-electron chi connectivity index (χ3n) is 2.24. The van der Waals surface area contributed by atoms with Gasteiger partial charge in [-0.2, -0.15) is 0 Å². The molecule has 0 saturated heterocycles. The Morgan fingerprint density at radius 3 is 2.61 bits per heavy atom. The zero-order chi connectivity index (χ0) is 13.5. The summed E-state index contributed by atoms with van der Waals surface area (Å²) in [4.78, 5) is 11.7. The number of benzene rings is 1. The summed E-state index contributed by atoms with van der Waals surface area (Å²) >= 11 is 0. The van der Waals surface area contributed by atoms with Gasteiger partial charge >= 0.3 is 0 Å². The molecular formula is C14H22N2O2. The molecule has 18 heavy (non-hydrogen) atoms. The molecule has 1 atom stereocenters. The normalized spacial score (nSPS) is 12.3. The van der Waals surface area contributed by atoms with E-state index in [0.717, 1.165) is 0 Å². The molecule has 4 heteroatoms. The number of anilines is 1. The van der Waals surface area contributed by atoms with Gasteiger partial charge in [-0.1, -0.05) is 26.0 Å². The highest BCUT2D eigenvalue weighted by Gasteiger charge is 2.09. The lowest BCUT2D eigenvalue weighted by Crippen LogP contribution is -2.24. The van der Waals surface area contributed by atoms with Crippen LogP contribution in [0.2, 0.25) is 0 Å². The van der Waals surface area contributed by atoms with Gasteiger partial charge in [-0.3, -0.25) is 4.79 Å². The molecule has 0 aliphatic rings. The van der Waals surface area contributed by atoms with E-state index < -0.39 is 0 Å². The summed E-state index contributed by atoms with van der Waals surface area (Å²) in [6.45, 7) is 6.59. The summed E-state index contributed by atoms with van der Waals surface area (Å²) < 4.78 is 5.66. The third-order valence-corrected chi connectivity index (χ3v) is 2.24. The van der Waals surface area contributed by atoms with Gasteiger partial charge in [0.15, 0.2) is 0 Å². The highest BCUT2D eigenvalue weighted by molar-refractivity contribution is 5.92. The molecule has 0 spiro atoms. The molecule has 1 amide bonds. The number of rotatable bonds is 6. The molecule has 0 bridgehead atoms. The topological polar surface area (TPSA) is 64.3 Å². The lowest BCUT2D eigenvalue weighted by molar-refractivity contribution is -0.116. The van der Waals surface area contributed by atoms with Gasteiger partial charge in [-0.25, -0.2) is 0 Å². The molecule has 0 fully saturated rings. The molecule has 4 nitrogen and oxygen atoms in total. The van der Waals surface area contributed by atoms with E-state index >= 15 is 0 Å². The summed E-state index contributed by atoms with van der Waals surface area (Å²) in [5.74, 6) is 1.05. The predicted octanol–water partition coefficient (Wildman–Crippen LogP) is 2.40. The van der Waals surface area contributed by atoms with Gasteiger partial charge in [0.05, 0.1) is 12.3 Å². The van der Waals surface area contributed by atoms with Crippen molar-refractivity contribution in [3.63, 3.8) is 0 Å². The highest BCUT2D eigenvalue weighted by atomic mass is 16.5. The fraction of sp³-hybridized carbons (Fsp3) is 0.500. The molecule has 0 aliphatic heterocycles. The van der Waals surface area contributed by atoms with E-state index in [4.69, 9.17) is 10.5 Å². The van der Waals surface area contributed by atoms with Crippen LogP contribution in [-0.2, 0) is 4.79 Å². The standard InChI is InChI=1S/C14H22N2O2/c1-10(2)9-18-13-7-5-4-6-12(13)16-14(17)8-11(3)15/h4-7,10-11H,8-9,15H2,1-3H3,(H,16,17). The summed E-state index contributed by atoms with van der Waals surface area (Å²) in [5, 5.41) is 2.82. The fourth-order valence-electron chi connectivity index (χ4n) is 1.45. The molecule has 1 aromatic rings. The number of carbonyl (C=O) groups is 1. The van der Waals surface area contributed by atoms with Crippen LogP contribution in [0.25, 0.3) is 0 Å². The van der Waals surface area contributed by atoms with Gasteiger partial charge in [-0.05, 0) is 25.0 Å². The summed E-state index contributed by atoms with van der Waals surface area (Å²) in [7, 11) is 0. The van der Waals surface area contributed by atoms with Crippen molar-refractivity contribution >= 4 is 11.6 Å². The average Bonchev–Trinajstić information content (AvgIpc) is 2.26. The number of amides is 1. The maximum absolute atomic E-state index is 11.7. The van der Waals surface area contributed by atoms with Crippen LogP contribution in [0.4, 0.5) is 5.69 Å². The first-order chi connectivity index (χ1) is 8.49. The van der Waals surface area contributed by atoms with E-state index in [1.807, 2.05) is 24.3 Å². The highest BCUT2D eigenvalue weighted by Crippen LogP contribution is 2.24. The third kappa shape index (κ3) is 5.19. The lowest BCUT2D eigenvalue weighted by atomic mass is 10.2. The van der Waals surface area contributed by atoms with Gasteiger partial charge in [0.1, 0.15) is 5.75 Å². The zero-order valence-corrected chi connectivity index (χ0v) is 11.3. The van der Waals surface area contributed by atoms with E-state index in [1.165, 1.54) is 0 Å². The van der Waals surface area contributed by atoms with Crippen molar-refractivity contribution in [2.24, 2.45) is 11.7 Å². The van der Waals surface area contributed by atoms with E-state index in [1.54, 1.807) is 6.92 Å². The minimum absolute atomic E-state index is 0.0920. The van der Waals surface area contributed by atoms with Crippen LogP contribution < -0.4 is 15.8 Å². The predicted molar refractivity (Wildman–Crippen MR) is 73.7 cm³/mol. The Morgan fingerprint density at radius 2 is 2.00 bits per heavy atom. The van der Waals surface area contributed by atoms with Crippen LogP contribution in [0.15, 0.2) is 24.3 Å². The van der Waals surface area contributed by atoms with Gasteiger partial charge in [0, 0.05) is 12.5 Å². The number of nitrogens with two attached hydrogens (primary N) is 1. The van der Waals surface area contributed by atoms with E-state index in [2.05, 4.69) is 19.2 Å². The van der Waals surface area contributed by atoms with Crippen molar-refractivity contribution in [2.75, 3.05) is 11.9 Å². The van der Waals surface area contributed by atoms with Crippen LogP contribution in [0.3, 0.4) is 0 Å². The van der Waals surface area contributed by atoms with Crippen molar-refractivity contribution in [1.82, 2.24) is 0 Å². The Bertz CT molecular complexity index is 389. The SMILES string of the molecule is CC(C)COc1ccccc1NC(=O)CC(C)N. The van der Waals surface area contributed by atoms with Crippen LogP contribution >= 0.6 is 0 Å². The smallest absolute Gasteiger partial charge is 0.226 e. The molecular weight excluding hydrogens is 228 g/mol. The Hall–Kier alpha value is -1.55. The van der Waals surface area contributed by atoms with Crippen LogP contribution in [0.5, 0.6) is 5.75 Å². The Labute approximate surface area is 109 Å². The number of ether oxygens (including phenoxy) is 1. The second-order valence-electron chi connectivity index (χ2n) is 4.93. The minimum atomic E-state index is -0.145. The van der Waals surface area contributed by atoms with E-state index in [0.29, 0.717) is 30.4 Å². The van der Waals surface area contributed by atoms with Gasteiger partial charge in [0.2, 0.25) is 5.91 Å². The Morgan fingerprint density at radius 1 is 1.33 bits per heavy atom. The zero-order valence-electron chi connectivity index (χ0n) is 11.3. The summed E-state index contributed by atoms with van der Waals surface area (Å²) in [6.07, 6.45) is 0.304. The second kappa shape index (κ2) is 7.01. The van der Waals surface area contributed by atoms with Crippen LogP contribution in [0.1, 0.15) is 27.2 Å². The molecule has 1 aromatic carbocycles. The maximum Gasteiger partial charge on any atom is 0.226 e. The first-order valence-electron chi connectivity index (χ1n) is 6.26. The lowest BCUT2D eigenvalue weighted by Gasteiger charge is -2.14. The Kier molecular flexibility index (Phi) is 5.65. The number of hydrogen-bond donors (Lipinski definition) is 2. The van der Waals surface area contributed by atoms with Crippen LogP contribution in [0, 0.1) is 5.92 Å². The molecule has 0 heterocycles. The number of carbonyl (C=O) groups excluding carboxylic acids is 1. The average molecular weight is 250 g/mol. The number of nitrogens with one attached hydrogen (secondary N) is 1. The monoisotopic (exact) mass is 250 g/mol. The fourth-order valence-corrected chi connectivity index (χ4v) is 1.45. The summed E-state index contributed by atoms with van der Waals surface area (Å²) in [6, 6.07) is 7.29. The molecule has 0 saturated carbocycles. The molecule has 0 aliphatic carbocycles. The van der Waals surface area contributed by atoms with Crippen molar-refractivity contribution < 1.29 is 9.53 Å². The minimum Gasteiger partial charge on any atom is -0.491 e. The quantitative estimate of drug-likeness (QED) is 0.814. The first kappa shape index (κ1) is 14.5. The molecule has 1 rings (SSSR count). The van der Waals surface area contributed by atoms with Gasteiger partial charge in [0.25, 0.3) is 0 Å². The molecule has 3 N–H and O–H groups in total. The van der Waals surface area contributed by atoms with E-state index in [-0.39, 0.29) is 11.9 Å². The van der Waals surface area contributed by atoms with Crippen molar-refractivity contribution in [2.45, 2.75) is 33.2 Å². The maximum atomic E-state index is 11.7. The van der Waals surface area contributed by atoms with Crippen molar-refractivity contribution in [1.29, 1.82) is 0 Å². The number of para-hydroxylation sites is 2. The van der Waals surface area contributed by atoms with Crippen molar-refractivity contribution in [3.05, 3.63) is 24.3 Å².